The summed E-state index contributed by atoms with van der Waals surface area (Å²) in [6.07, 6.45) is 6.90. The third-order valence-corrected chi connectivity index (χ3v) is 6.31. The van der Waals surface area contributed by atoms with Gasteiger partial charge in [0.05, 0.1) is 17.6 Å². The fourth-order valence-electron chi connectivity index (χ4n) is 4.48. The van der Waals surface area contributed by atoms with Crippen LogP contribution < -0.4 is 5.32 Å². The van der Waals surface area contributed by atoms with Gasteiger partial charge in [-0.2, -0.15) is 5.26 Å². The number of amides is 1. The highest BCUT2D eigenvalue weighted by Gasteiger charge is 2.33. The van der Waals surface area contributed by atoms with E-state index in [0.29, 0.717) is 18.0 Å². The molecule has 1 aromatic carbocycles. The number of rotatable bonds is 5. The largest absolute Gasteiger partial charge is 0.353 e. The number of hydrogen-bond donors (Lipinski definition) is 1. The van der Waals surface area contributed by atoms with E-state index in [-0.39, 0.29) is 5.92 Å². The van der Waals surface area contributed by atoms with Crippen LogP contribution in [0.4, 0.5) is 0 Å². The third-order valence-electron chi connectivity index (χ3n) is 6.31. The molecule has 1 aliphatic carbocycles. The van der Waals surface area contributed by atoms with E-state index >= 15 is 0 Å². The summed E-state index contributed by atoms with van der Waals surface area (Å²) in [6, 6.07) is 11.2. The van der Waals surface area contributed by atoms with Crippen LogP contribution >= 0.6 is 0 Å². The molecule has 4 rings (SSSR count). The lowest BCUT2D eigenvalue weighted by molar-refractivity contribution is -0.127. The summed E-state index contributed by atoms with van der Waals surface area (Å²) in [6.45, 7) is 5.28. The lowest BCUT2D eigenvalue weighted by Crippen LogP contribution is -2.50. The predicted molar refractivity (Wildman–Crippen MR) is 105 cm³/mol. The average molecular weight is 367 g/mol. The number of nitriles is 1. The molecule has 1 saturated carbocycles. The second-order valence-electron chi connectivity index (χ2n) is 8.43. The molecule has 27 heavy (non-hydrogen) atoms. The maximum atomic E-state index is 12.4. The van der Waals surface area contributed by atoms with Crippen LogP contribution in [0.15, 0.2) is 24.3 Å². The van der Waals surface area contributed by atoms with Crippen molar-refractivity contribution in [2.75, 3.05) is 26.2 Å². The van der Waals surface area contributed by atoms with Crippen molar-refractivity contribution >= 4 is 5.91 Å². The Bertz CT molecular complexity index is 683. The molecule has 0 aromatic heterocycles. The molecule has 5 nitrogen and oxygen atoms in total. The van der Waals surface area contributed by atoms with Crippen molar-refractivity contribution in [3.05, 3.63) is 35.4 Å². The summed E-state index contributed by atoms with van der Waals surface area (Å²) in [5.41, 5.74) is 2.00. The Labute approximate surface area is 162 Å². The maximum absolute atomic E-state index is 12.4. The molecule has 2 heterocycles. The number of carbonyl (C=O) groups excluding carboxylic acids is 1. The topological polar surface area (TPSA) is 59.4 Å². The molecule has 2 saturated heterocycles. The molecule has 5 heteroatoms. The maximum Gasteiger partial charge on any atom is 0.224 e. The van der Waals surface area contributed by atoms with Gasteiger partial charge in [0.25, 0.3) is 0 Å². The van der Waals surface area contributed by atoms with Crippen LogP contribution in [-0.2, 0) is 11.3 Å². The molecule has 3 aliphatic rings. The molecule has 0 bridgehead atoms. The van der Waals surface area contributed by atoms with Crippen molar-refractivity contribution in [3.8, 4) is 6.07 Å². The molecule has 144 valence electrons. The minimum Gasteiger partial charge on any atom is -0.353 e. The number of likely N-dealkylation sites (tertiary alicyclic amines) is 2. The summed E-state index contributed by atoms with van der Waals surface area (Å²) in [5, 5.41) is 12.1. The van der Waals surface area contributed by atoms with Crippen molar-refractivity contribution in [2.45, 2.75) is 57.2 Å². The third kappa shape index (κ3) is 4.88. The van der Waals surface area contributed by atoms with Crippen LogP contribution in [0.5, 0.6) is 0 Å². The van der Waals surface area contributed by atoms with Gasteiger partial charge in [-0.1, -0.05) is 12.1 Å². The van der Waals surface area contributed by atoms with Crippen LogP contribution in [-0.4, -0.2) is 54.0 Å². The van der Waals surface area contributed by atoms with Gasteiger partial charge >= 0.3 is 0 Å². The van der Waals surface area contributed by atoms with Crippen molar-refractivity contribution in [3.63, 3.8) is 0 Å². The standard InChI is InChI=1S/C22H30N4O/c23-14-17-3-5-18(6-4-17)15-25-12-9-21(10-13-25)26-11-1-2-19(16-26)22(27)24-20-7-8-20/h3-6,19-21H,1-2,7-13,15-16H2,(H,24,27). The molecule has 0 radical (unpaired) electrons. The average Bonchev–Trinajstić information content (AvgIpc) is 3.53. The lowest BCUT2D eigenvalue weighted by Gasteiger charge is -2.42. The van der Waals surface area contributed by atoms with E-state index in [1.807, 2.05) is 12.1 Å². The molecule has 1 atom stereocenters. The predicted octanol–water partition coefficient (Wildman–Crippen LogP) is 2.51. The Morgan fingerprint density at radius 1 is 1.07 bits per heavy atom. The quantitative estimate of drug-likeness (QED) is 0.870. The summed E-state index contributed by atoms with van der Waals surface area (Å²) in [7, 11) is 0. The Hall–Kier alpha value is -1.90. The molecule has 2 aliphatic heterocycles. The fraction of sp³-hybridized carbons (Fsp3) is 0.636. The Balaban J connectivity index is 1.24. The van der Waals surface area contributed by atoms with E-state index in [4.69, 9.17) is 5.26 Å². The van der Waals surface area contributed by atoms with Crippen molar-refractivity contribution in [2.24, 2.45) is 5.92 Å². The number of benzene rings is 1. The minimum absolute atomic E-state index is 0.191. The summed E-state index contributed by atoms with van der Waals surface area (Å²) < 4.78 is 0. The Morgan fingerprint density at radius 3 is 2.48 bits per heavy atom. The van der Waals surface area contributed by atoms with E-state index in [2.05, 4.69) is 33.3 Å². The highest BCUT2D eigenvalue weighted by Crippen LogP contribution is 2.26. The van der Waals surface area contributed by atoms with E-state index in [9.17, 15) is 4.79 Å². The molecule has 1 unspecified atom stereocenters. The molecular formula is C22H30N4O. The van der Waals surface area contributed by atoms with Crippen LogP contribution in [0.2, 0.25) is 0 Å². The van der Waals surface area contributed by atoms with Gasteiger partial charge in [-0.15, -0.1) is 0 Å². The Morgan fingerprint density at radius 2 is 1.81 bits per heavy atom. The van der Waals surface area contributed by atoms with Crippen LogP contribution in [0, 0.1) is 17.2 Å². The zero-order chi connectivity index (χ0) is 18.6. The second kappa shape index (κ2) is 8.41. The van der Waals surface area contributed by atoms with E-state index in [1.54, 1.807) is 0 Å². The lowest BCUT2D eigenvalue weighted by atomic mass is 9.93. The first-order chi connectivity index (χ1) is 13.2. The molecule has 1 aromatic rings. The summed E-state index contributed by atoms with van der Waals surface area (Å²) in [4.78, 5) is 17.5. The van der Waals surface area contributed by atoms with Gasteiger partial charge in [0.1, 0.15) is 0 Å². The van der Waals surface area contributed by atoms with Gasteiger partial charge in [-0.3, -0.25) is 14.6 Å². The minimum atomic E-state index is 0.191. The zero-order valence-electron chi connectivity index (χ0n) is 16.1. The number of hydrogen-bond acceptors (Lipinski definition) is 4. The van der Waals surface area contributed by atoms with Gasteiger partial charge in [-0.25, -0.2) is 0 Å². The Kier molecular flexibility index (Phi) is 5.75. The number of nitrogens with zero attached hydrogens (tertiary/aromatic N) is 3. The first-order valence-electron chi connectivity index (χ1n) is 10.5. The molecule has 1 amide bonds. The number of carbonyl (C=O) groups is 1. The van der Waals surface area contributed by atoms with E-state index < -0.39 is 0 Å². The van der Waals surface area contributed by atoms with Crippen molar-refractivity contribution in [1.29, 1.82) is 5.26 Å². The summed E-state index contributed by atoms with van der Waals surface area (Å²) in [5.74, 6) is 0.483. The van der Waals surface area contributed by atoms with Gasteiger partial charge in [0, 0.05) is 25.2 Å². The highest BCUT2D eigenvalue weighted by atomic mass is 16.2. The normalized spacial score (nSPS) is 25.1. The second-order valence-corrected chi connectivity index (χ2v) is 8.43. The monoisotopic (exact) mass is 366 g/mol. The smallest absolute Gasteiger partial charge is 0.224 e. The molecule has 1 N–H and O–H groups in total. The van der Waals surface area contributed by atoms with Gasteiger partial charge < -0.3 is 5.32 Å². The van der Waals surface area contributed by atoms with Crippen LogP contribution in [0.1, 0.15) is 49.7 Å². The first kappa shape index (κ1) is 18.5. The summed E-state index contributed by atoms with van der Waals surface area (Å²) >= 11 is 0. The molecule has 3 fully saturated rings. The van der Waals surface area contributed by atoms with Gasteiger partial charge in [-0.05, 0) is 75.9 Å². The fourth-order valence-corrected chi connectivity index (χ4v) is 4.48. The SMILES string of the molecule is N#Cc1ccc(CN2CCC(N3CCCC(C(=O)NC4CC4)C3)CC2)cc1. The molecule has 0 spiro atoms. The molecular weight excluding hydrogens is 336 g/mol. The zero-order valence-corrected chi connectivity index (χ0v) is 16.1. The van der Waals surface area contributed by atoms with Gasteiger partial charge in [0.2, 0.25) is 5.91 Å². The van der Waals surface area contributed by atoms with Crippen LogP contribution in [0.3, 0.4) is 0 Å². The van der Waals surface area contributed by atoms with Gasteiger partial charge in [0.15, 0.2) is 0 Å². The van der Waals surface area contributed by atoms with E-state index in [0.717, 1.165) is 51.1 Å². The van der Waals surface area contributed by atoms with Crippen molar-refractivity contribution in [1.82, 2.24) is 15.1 Å². The van der Waals surface area contributed by atoms with Crippen molar-refractivity contribution < 1.29 is 4.79 Å². The van der Waals surface area contributed by atoms with Crippen LogP contribution in [0.25, 0.3) is 0 Å². The first-order valence-corrected chi connectivity index (χ1v) is 10.5. The number of nitrogens with one attached hydrogen (secondary N) is 1. The highest BCUT2D eigenvalue weighted by molar-refractivity contribution is 5.79. The number of piperidine rings is 2. The van der Waals surface area contributed by atoms with E-state index in [1.165, 1.54) is 31.2 Å².